The number of hydrogen-bond donors (Lipinski definition) is 1. The van der Waals surface area contributed by atoms with Crippen LogP contribution in [-0.2, 0) is 9.59 Å². The van der Waals surface area contributed by atoms with Gasteiger partial charge in [-0.05, 0) is 29.8 Å². The van der Waals surface area contributed by atoms with Crippen LogP contribution in [0.3, 0.4) is 0 Å². The first-order valence-corrected chi connectivity index (χ1v) is 10.3. The summed E-state index contributed by atoms with van der Waals surface area (Å²) in [6.07, 6.45) is 1.37. The van der Waals surface area contributed by atoms with E-state index in [1.807, 2.05) is 5.38 Å². The Hall–Kier alpha value is -3.85. The van der Waals surface area contributed by atoms with Crippen molar-refractivity contribution in [2.45, 2.75) is 0 Å². The largest absolute Gasteiger partial charge is 0.467 e. The van der Waals surface area contributed by atoms with Gasteiger partial charge in [0.25, 0.3) is 5.91 Å². The summed E-state index contributed by atoms with van der Waals surface area (Å²) >= 11 is 1.41. The van der Waals surface area contributed by atoms with E-state index in [-0.39, 0.29) is 36.7 Å². The van der Waals surface area contributed by atoms with Crippen molar-refractivity contribution in [1.82, 2.24) is 9.97 Å². The minimum absolute atomic E-state index is 0.0856. The molecule has 154 valence electrons. The highest BCUT2D eigenvalue weighted by Crippen LogP contribution is 2.37. The van der Waals surface area contributed by atoms with Crippen molar-refractivity contribution in [3.8, 4) is 17.0 Å². The van der Waals surface area contributed by atoms with Gasteiger partial charge < -0.3 is 10.1 Å². The van der Waals surface area contributed by atoms with Gasteiger partial charge in [-0.25, -0.2) is 14.4 Å². The highest BCUT2D eigenvalue weighted by atomic mass is 32.1. The molecule has 1 N–H and O–H groups in total. The number of benzene rings is 2. The molecule has 0 atom stereocenters. The molecule has 3 heterocycles. The van der Waals surface area contributed by atoms with Gasteiger partial charge in [0, 0.05) is 10.9 Å². The third-order valence-corrected chi connectivity index (χ3v) is 5.78. The van der Waals surface area contributed by atoms with Crippen LogP contribution in [-0.4, -0.2) is 34.9 Å². The fourth-order valence-corrected chi connectivity index (χ4v) is 4.37. The van der Waals surface area contributed by atoms with Crippen LogP contribution in [0.2, 0.25) is 0 Å². The van der Waals surface area contributed by atoms with E-state index in [0.29, 0.717) is 21.6 Å². The molecule has 0 fully saturated rings. The molecule has 2 aromatic heterocycles. The van der Waals surface area contributed by atoms with E-state index >= 15 is 0 Å². The van der Waals surface area contributed by atoms with Crippen molar-refractivity contribution in [2.75, 3.05) is 23.4 Å². The minimum atomic E-state index is -0.368. The Morgan fingerprint density at radius 3 is 2.81 bits per heavy atom. The van der Waals surface area contributed by atoms with Crippen LogP contribution in [0.5, 0.6) is 5.88 Å². The van der Waals surface area contributed by atoms with Crippen molar-refractivity contribution < 1.29 is 18.7 Å². The Labute approximate surface area is 180 Å². The molecule has 0 unspecified atom stereocenters. The molecular formula is C22H15FN4O3S. The second kappa shape index (κ2) is 7.77. The molecule has 2 amide bonds. The molecule has 31 heavy (non-hydrogen) atoms. The summed E-state index contributed by atoms with van der Waals surface area (Å²) in [7, 11) is 0. The van der Waals surface area contributed by atoms with Gasteiger partial charge in [-0.1, -0.05) is 24.3 Å². The normalized spacial score (nSPS) is 13.1. The van der Waals surface area contributed by atoms with E-state index in [2.05, 4.69) is 15.3 Å². The fourth-order valence-electron chi connectivity index (χ4n) is 3.46. The van der Waals surface area contributed by atoms with Crippen molar-refractivity contribution in [1.29, 1.82) is 0 Å². The number of nitrogens with zero attached hydrogens (tertiary/aromatic N) is 3. The van der Waals surface area contributed by atoms with Crippen LogP contribution in [0.1, 0.15) is 0 Å². The quantitative estimate of drug-likeness (QED) is 0.527. The van der Waals surface area contributed by atoms with E-state index < -0.39 is 0 Å². The third-order valence-electron chi connectivity index (χ3n) is 4.89. The summed E-state index contributed by atoms with van der Waals surface area (Å²) in [6.45, 7) is -0.385. The second-order valence-electron chi connectivity index (χ2n) is 6.85. The number of para-hydroxylation sites is 2. The van der Waals surface area contributed by atoms with Gasteiger partial charge in [0.05, 0.1) is 16.8 Å². The van der Waals surface area contributed by atoms with Gasteiger partial charge in [0.15, 0.2) is 6.61 Å². The first-order valence-electron chi connectivity index (χ1n) is 9.40. The van der Waals surface area contributed by atoms with Crippen molar-refractivity contribution >= 4 is 44.7 Å². The standard InChI is InChI=1S/C22H15FN4O3S/c23-14-7-5-13(6-8-14)15-11-31-22-20(15)21(24-12-25-22)30-10-19(29)27-9-18(28)26-16-3-1-2-4-17(16)27/h1-8,11-12H,9-10H2,(H,26,28). The van der Waals surface area contributed by atoms with Crippen molar-refractivity contribution in [3.05, 3.63) is 66.1 Å². The number of carbonyl (C=O) groups excluding carboxylic acids is 2. The maximum Gasteiger partial charge on any atom is 0.265 e. The van der Waals surface area contributed by atoms with Gasteiger partial charge in [-0.3, -0.25) is 14.5 Å². The van der Waals surface area contributed by atoms with E-state index in [1.165, 1.54) is 34.7 Å². The van der Waals surface area contributed by atoms with Crippen LogP contribution >= 0.6 is 11.3 Å². The highest BCUT2D eigenvalue weighted by molar-refractivity contribution is 7.17. The number of hydrogen-bond acceptors (Lipinski definition) is 6. The van der Waals surface area contributed by atoms with Crippen LogP contribution in [0.25, 0.3) is 21.3 Å². The number of rotatable bonds is 4. The maximum atomic E-state index is 13.3. The van der Waals surface area contributed by atoms with Gasteiger partial charge in [-0.2, -0.15) is 0 Å². The molecule has 0 saturated heterocycles. The Morgan fingerprint density at radius 2 is 1.97 bits per heavy atom. The highest BCUT2D eigenvalue weighted by Gasteiger charge is 2.27. The topological polar surface area (TPSA) is 84.4 Å². The number of aromatic nitrogens is 2. The Kier molecular flexibility index (Phi) is 4.79. The summed E-state index contributed by atoms with van der Waals surface area (Å²) in [6, 6.07) is 13.2. The first kappa shape index (κ1) is 19.1. The zero-order chi connectivity index (χ0) is 21.4. The van der Waals surface area contributed by atoms with Crippen molar-refractivity contribution in [2.24, 2.45) is 0 Å². The predicted octanol–water partition coefficient (Wildman–Crippen LogP) is 3.86. The molecule has 0 aliphatic carbocycles. The Bertz CT molecular complexity index is 1310. The molecule has 1 aliphatic rings. The molecule has 5 rings (SSSR count). The number of ether oxygens (including phenoxy) is 1. The lowest BCUT2D eigenvalue weighted by Crippen LogP contribution is -2.44. The molecule has 2 aromatic carbocycles. The molecule has 0 radical (unpaired) electrons. The zero-order valence-corrected chi connectivity index (χ0v) is 16.9. The molecule has 9 heteroatoms. The zero-order valence-electron chi connectivity index (χ0n) is 16.0. The molecule has 0 spiro atoms. The Morgan fingerprint density at radius 1 is 1.16 bits per heavy atom. The molecule has 1 aliphatic heterocycles. The van der Waals surface area contributed by atoms with Crippen molar-refractivity contribution in [3.63, 3.8) is 0 Å². The number of anilines is 2. The molecule has 7 nitrogen and oxygen atoms in total. The summed E-state index contributed by atoms with van der Waals surface area (Å²) in [5.41, 5.74) is 2.78. The number of fused-ring (bicyclic) bond motifs is 2. The average molecular weight is 434 g/mol. The monoisotopic (exact) mass is 434 g/mol. The number of amides is 2. The molecular weight excluding hydrogens is 419 g/mol. The van der Waals surface area contributed by atoms with E-state index in [0.717, 1.165) is 11.1 Å². The number of thiophene rings is 1. The average Bonchev–Trinajstić information content (AvgIpc) is 3.22. The van der Waals surface area contributed by atoms with Crippen LogP contribution in [0.4, 0.5) is 15.8 Å². The van der Waals surface area contributed by atoms with Gasteiger partial charge >= 0.3 is 0 Å². The minimum Gasteiger partial charge on any atom is -0.467 e. The maximum absolute atomic E-state index is 13.3. The lowest BCUT2D eigenvalue weighted by atomic mass is 10.1. The number of halogens is 1. The predicted molar refractivity (Wildman–Crippen MR) is 116 cm³/mol. The van der Waals surface area contributed by atoms with E-state index in [1.54, 1.807) is 36.4 Å². The van der Waals surface area contributed by atoms with Gasteiger partial charge in [0.2, 0.25) is 11.8 Å². The van der Waals surface area contributed by atoms with E-state index in [4.69, 9.17) is 4.74 Å². The summed E-state index contributed by atoms with van der Waals surface area (Å²) in [5, 5.41) is 5.30. The third kappa shape index (κ3) is 3.59. The SMILES string of the molecule is O=C1CN(C(=O)COc2ncnc3scc(-c4ccc(F)cc4)c23)c2ccccc2N1. The summed E-state index contributed by atoms with van der Waals surface area (Å²) in [4.78, 5) is 35.4. The summed E-state index contributed by atoms with van der Waals surface area (Å²) in [5.74, 6) is -0.707. The lowest BCUT2D eigenvalue weighted by Gasteiger charge is -2.29. The second-order valence-corrected chi connectivity index (χ2v) is 7.71. The van der Waals surface area contributed by atoms with Gasteiger partial charge in [-0.15, -0.1) is 11.3 Å². The number of carbonyl (C=O) groups is 2. The lowest BCUT2D eigenvalue weighted by molar-refractivity contribution is -0.123. The van der Waals surface area contributed by atoms with Crippen LogP contribution < -0.4 is 15.0 Å². The Balaban J connectivity index is 1.43. The summed E-state index contributed by atoms with van der Waals surface area (Å²) < 4.78 is 19.1. The number of nitrogens with one attached hydrogen (secondary N) is 1. The smallest absolute Gasteiger partial charge is 0.265 e. The fraction of sp³-hybridized carbons (Fsp3) is 0.0909. The molecule has 4 aromatic rings. The molecule has 0 saturated carbocycles. The van der Waals surface area contributed by atoms with E-state index in [9.17, 15) is 14.0 Å². The van der Waals surface area contributed by atoms with Crippen LogP contribution in [0, 0.1) is 5.82 Å². The van der Waals surface area contributed by atoms with Gasteiger partial charge in [0.1, 0.15) is 23.5 Å². The molecule has 0 bridgehead atoms. The first-order chi connectivity index (χ1) is 15.1. The van der Waals surface area contributed by atoms with Crippen LogP contribution in [0.15, 0.2) is 60.2 Å².